The molecule has 0 spiro atoms. The summed E-state index contributed by atoms with van der Waals surface area (Å²) in [5.41, 5.74) is 1.25. The van der Waals surface area contributed by atoms with Crippen molar-refractivity contribution in [2.24, 2.45) is 0 Å². The van der Waals surface area contributed by atoms with Gasteiger partial charge in [-0.2, -0.15) is 5.26 Å². The number of amides is 1. The number of hydrogen-bond acceptors (Lipinski definition) is 4. The van der Waals surface area contributed by atoms with Crippen molar-refractivity contribution >= 4 is 11.6 Å². The summed E-state index contributed by atoms with van der Waals surface area (Å²) >= 11 is 0. The number of piperazine rings is 1. The molecule has 2 rings (SSSR count). The number of rotatable bonds is 6. The van der Waals surface area contributed by atoms with E-state index in [2.05, 4.69) is 28.1 Å². The summed E-state index contributed by atoms with van der Waals surface area (Å²) in [6.45, 7) is 8.44. The maximum atomic E-state index is 12.0. The van der Waals surface area contributed by atoms with Crippen LogP contribution in [-0.4, -0.2) is 55.0 Å². The van der Waals surface area contributed by atoms with E-state index in [1.165, 1.54) is 13.0 Å². The van der Waals surface area contributed by atoms with Gasteiger partial charge in [-0.3, -0.25) is 4.79 Å². The molecule has 1 aromatic rings. The summed E-state index contributed by atoms with van der Waals surface area (Å²) < 4.78 is 0. The summed E-state index contributed by atoms with van der Waals surface area (Å²) in [4.78, 5) is 16.8. The number of nitrogens with one attached hydrogen (secondary N) is 1. The molecular formula is C17H24N4O. The standard InChI is InChI=1S/C17H24N4O/c1-2-7-20-9-11-21(12-10-20)8-6-17(22)19-16-5-3-4-15(13-16)14-18/h3-5,13H,2,6-12H2,1H3,(H,19,22). The number of carbonyl (C=O) groups excluding carboxylic acids is 1. The Balaban J connectivity index is 1.71. The smallest absolute Gasteiger partial charge is 0.225 e. The molecule has 1 aliphatic rings. The minimum absolute atomic E-state index is 0.00563. The van der Waals surface area contributed by atoms with Gasteiger partial charge >= 0.3 is 0 Å². The molecule has 1 heterocycles. The van der Waals surface area contributed by atoms with Crippen molar-refractivity contribution in [3.8, 4) is 6.07 Å². The average molecular weight is 300 g/mol. The first kappa shape index (κ1) is 16.5. The number of anilines is 1. The van der Waals surface area contributed by atoms with Crippen molar-refractivity contribution < 1.29 is 4.79 Å². The van der Waals surface area contributed by atoms with E-state index in [1.54, 1.807) is 18.2 Å². The van der Waals surface area contributed by atoms with Gasteiger partial charge in [0.25, 0.3) is 0 Å². The van der Waals surface area contributed by atoms with E-state index in [0.29, 0.717) is 17.7 Å². The highest BCUT2D eigenvalue weighted by molar-refractivity contribution is 5.90. The lowest BCUT2D eigenvalue weighted by Crippen LogP contribution is -2.47. The highest BCUT2D eigenvalue weighted by Gasteiger charge is 2.16. The van der Waals surface area contributed by atoms with Gasteiger partial charge in [0.2, 0.25) is 5.91 Å². The maximum Gasteiger partial charge on any atom is 0.225 e. The Morgan fingerprint density at radius 1 is 1.23 bits per heavy atom. The Bertz CT molecular complexity index is 530. The zero-order valence-electron chi connectivity index (χ0n) is 13.2. The van der Waals surface area contributed by atoms with Crippen LogP contribution in [0, 0.1) is 11.3 Å². The summed E-state index contributed by atoms with van der Waals surface area (Å²) in [5.74, 6) is 0.00563. The molecule has 0 radical (unpaired) electrons. The monoisotopic (exact) mass is 300 g/mol. The second kappa shape index (κ2) is 8.52. The highest BCUT2D eigenvalue weighted by Crippen LogP contribution is 2.10. The summed E-state index contributed by atoms with van der Waals surface area (Å²) in [6.07, 6.45) is 1.69. The molecule has 118 valence electrons. The van der Waals surface area contributed by atoms with Crippen molar-refractivity contribution in [1.82, 2.24) is 9.80 Å². The quantitative estimate of drug-likeness (QED) is 0.872. The van der Waals surface area contributed by atoms with E-state index >= 15 is 0 Å². The fraction of sp³-hybridized carbons (Fsp3) is 0.529. The van der Waals surface area contributed by atoms with E-state index in [0.717, 1.165) is 32.7 Å². The summed E-state index contributed by atoms with van der Waals surface area (Å²) in [6, 6.07) is 9.08. The lowest BCUT2D eigenvalue weighted by atomic mass is 10.2. The van der Waals surface area contributed by atoms with Gasteiger partial charge in [-0.1, -0.05) is 13.0 Å². The third-order valence-corrected chi connectivity index (χ3v) is 3.94. The minimum Gasteiger partial charge on any atom is -0.326 e. The van der Waals surface area contributed by atoms with E-state index < -0.39 is 0 Å². The highest BCUT2D eigenvalue weighted by atomic mass is 16.1. The topological polar surface area (TPSA) is 59.4 Å². The third-order valence-electron chi connectivity index (χ3n) is 3.94. The lowest BCUT2D eigenvalue weighted by molar-refractivity contribution is -0.116. The number of carbonyl (C=O) groups is 1. The molecule has 0 aliphatic carbocycles. The van der Waals surface area contributed by atoms with Crippen LogP contribution in [0.15, 0.2) is 24.3 Å². The second-order valence-corrected chi connectivity index (χ2v) is 5.67. The Hall–Kier alpha value is -1.90. The van der Waals surface area contributed by atoms with Gasteiger partial charge in [0.15, 0.2) is 0 Å². The normalized spacial score (nSPS) is 16.2. The van der Waals surface area contributed by atoms with Gasteiger partial charge < -0.3 is 15.1 Å². The summed E-state index contributed by atoms with van der Waals surface area (Å²) in [7, 11) is 0. The van der Waals surface area contributed by atoms with E-state index in [4.69, 9.17) is 5.26 Å². The Morgan fingerprint density at radius 2 is 1.91 bits per heavy atom. The van der Waals surface area contributed by atoms with Crippen molar-refractivity contribution in [1.29, 1.82) is 5.26 Å². The van der Waals surface area contributed by atoms with Crippen LogP contribution in [0.25, 0.3) is 0 Å². The van der Waals surface area contributed by atoms with Crippen molar-refractivity contribution in [2.45, 2.75) is 19.8 Å². The fourth-order valence-corrected chi connectivity index (χ4v) is 2.70. The van der Waals surface area contributed by atoms with Crippen molar-refractivity contribution in [2.75, 3.05) is 44.6 Å². The molecule has 1 saturated heterocycles. The predicted molar refractivity (Wildman–Crippen MR) is 87.6 cm³/mol. The van der Waals surface area contributed by atoms with Crippen LogP contribution in [0.4, 0.5) is 5.69 Å². The molecule has 5 heteroatoms. The van der Waals surface area contributed by atoms with Gasteiger partial charge in [0.1, 0.15) is 0 Å². The molecule has 0 unspecified atom stereocenters. The van der Waals surface area contributed by atoms with Crippen LogP contribution in [0.1, 0.15) is 25.3 Å². The number of nitrogens with zero attached hydrogens (tertiary/aromatic N) is 3. The van der Waals surface area contributed by atoms with E-state index in [9.17, 15) is 4.79 Å². The Morgan fingerprint density at radius 3 is 2.55 bits per heavy atom. The van der Waals surface area contributed by atoms with Gasteiger partial charge in [-0.25, -0.2) is 0 Å². The van der Waals surface area contributed by atoms with Gasteiger partial charge in [-0.15, -0.1) is 0 Å². The first-order valence-corrected chi connectivity index (χ1v) is 7.96. The summed E-state index contributed by atoms with van der Waals surface area (Å²) in [5, 5.41) is 11.7. The molecule has 0 saturated carbocycles. The molecule has 0 atom stereocenters. The van der Waals surface area contributed by atoms with E-state index in [-0.39, 0.29) is 5.91 Å². The third kappa shape index (κ3) is 5.14. The van der Waals surface area contributed by atoms with Crippen LogP contribution >= 0.6 is 0 Å². The fourth-order valence-electron chi connectivity index (χ4n) is 2.70. The molecule has 1 amide bonds. The van der Waals surface area contributed by atoms with Crippen LogP contribution in [0.3, 0.4) is 0 Å². The molecule has 0 bridgehead atoms. The van der Waals surface area contributed by atoms with Gasteiger partial charge in [0, 0.05) is 44.8 Å². The van der Waals surface area contributed by atoms with Crippen LogP contribution in [0.2, 0.25) is 0 Å². The van der Waals surface area contributed by atoms with Crippen LogP contribution < -0.4 is 5.32 Å². The zero-order chi connectivity index (χ0) is 15.8. The molecule has 5 nitrogen and oxygen atoms in total. The largest absolute Gasteiger partial charge is 0.326 e. The second-order valence-electron chi connectivity index (χ2n) is 5.67. The maximum absolute atomic E-state index is 12.0. The number of nitriles is 1. The Kier molecular flexibility index (Phi) is 6.38. The van der Waals surface area contributed by atoms with Crippen molar-refractivity contribution in [3.05, 3.63) is 29.8 Å². The van der Waals surface area contributed by atoms with Gasteiger partial charge in [0.05, 0.1) is 11.6 Å². The number of benzene rings is 1. The van der Waals surface area contributed by atoms with Crippen LogP contribution in [-0.2, 0) is 4.79 Å². The zero-order valence-corrected chi connectivity index (χ0v) is 13.2. The molecule has 1 aliphatic heterocycles. The van der Waals surface area contributed by atoms with Crippen LogP contribution in [0.5, 0.6) is 0 Å². The minimum atomic E-state index is 0.00563. The SMILES string of the molecule is CCCN1CCN(CCC(=O)Nc2cccc(C#N)c2)CC1. The van der Waals surface area contributed by atoms with E-state index in [1.807, 2.05) is 6.07 Å². The molecule has 22 heavy (non-hydrogen) atoms. The first-order valence-electron chi connectivity index (χ1n) is 7.96. The molecular weight excluding hydrogens is 276 g/mol. The number of hydrogen-bond donors (Lipinski definition) is 1. The first-order chi connectivity index (χ1) is 10.7. The molecule has 0 aromatic heterocycles. The van der Waals surface area contributed by atoms with Crippen molar-refractivity contribution in [3.63, 3.8) is 0 Å². The molecule has 1 fully saturated rings. The average Bonchev–Trinajstić information content (AvgIpc) is 2.55. The molecule has 1 N–H and O–H groups in total. The molecule has 1 aromatic carbocycles. The van der Waals surface area contributed by atoms with Gasteiger partial charge in [-0.05, 0) is 31.2 Å². The predicted octanol–water partition coefficient (Wildman–Crippen LogP) is 1.91. The lowest BCUT2D eigenvalue weighted by Gasteiger charge is -2.34. The Labute approximate surface area is 132 Å².